The van der Waals surface area contributed by atoms with Gasteiger partial charge in [-0.05, 0) is 31.4 Å². The highest BCUT2D eigenvalue weighted by molar-refractivity contribution is 7.14. The van der Waals surface area contributed by atoms with E-state index in [1.54, 1.807) is 11.3 Å². The predicted molar refractivity (Wildman–Crippen MR) is 53.9 cm³/mol. The molecule has 0 unspecified atom stereocenters. The van der Waals surface area contributed by atoms with Crippen LogP contribution in [0.15, 0.2) is 17.5 Å². The summed E-state index contributed by atoms with van der Waals surface area (Å²) in [6, 6.07) is 4.08. The van der Waals surface area contributed by atoms with Gasteiger partial charge in [0.05, 0.1) is 17.1 Å². The number of aliphatic hydroxyl groups is 1. The third-order valence-electron chi connectivity index (χ3n) is 2.13. The molecule has 0 aliphatic heterocycles. The van der Waals surface area contributed by atoms with Crippen LogP contribution in [0.25, 0.3) is 0 Å². The zero-order valence-corrected chi connectivity index (χ0v) is 8.56. The summed E-state index contributed by atoms with van der Waals surface area (Å²) in [6.45, 7) is 4.21. The standard InChI is InChI=1S/C9H15NOS/c1-9(2,7-11)10(3)8-5-4-6-12-8/h4-6,11H,7H2,1-3H3. The molecule has 0 aliphatic carbocycles. The largest absolute Gasteiger partial charge is 0.394 e. The SMILES string of the molecule is CN(c1cccs1)C(C)(C)CO. The Hall–Kier alpha value is -0.540. The summed E-state index contributed by atoms with van der Waals surface area (Å²) < 4.78 is 0. The first kappa shape index (κ1) is 9.55. The molecule has 1 N–H and O–H groups in total. The second-order valence-electron chi connectivity index (χ2n) is 3.48. The summed E-state index contributed by atoms with van der Waals surface area (Å²) in [5.41, 5.74) is -0.176. The highest BCUT2D eigenvalue weighted by Crippen LogP contribution is 2.26. The number of hydrogen-bond donors (Lipinski definition) is 1. The van der Waals surface area contributed by atoms with Crippen LogP contribution < -0.4 is 4.90 Å². The highest BCUT2D eigenvalue weighted by atomic mass is 32.1. The zero-order chi connectivity index (χ0) is 9.19. The smallest absolute Gasteiger partial charge is 0.0911 e. The number of rotatable bonds is 3. The Morgan fingerprint density at radius 2 is 2.25 bits per heavy atom. The van der Waals surface area contributed by atoms with Crippen LogP contribution >= 0.6 is 11.3 Å². The first-order valence-electron chi connectivity index (χ1n) is 3.96. The van der Waals surface area contributed by atoms with E-state index in [0.29, 0.717) is 0 Å². The third kappa shape index (κ3) is 1.79. The number of hydrogen-bond acceptors (Lipinski definition) is 3. The minimum atomic E-state index is -0.176. The van der Waals surface area contributed by atoms with Crippen molar-refractivity contribution in [3.8, 4) is 0 Å². The molecule has 1 aromatic rings. The van der Waals surface area contributed by atoms with E-state index in [1.165, 1.54) is 5.00 Å². The van der Waals surface area contributed by atoms with Gasteiger partial charge >= 0.3 is 0 Å². The number of anilines is 1. The summed E-state index contributed by atoms with van der Waals surface area (Å²) in [4.78, 5) is 2.09. The van der Waals surface area contributed by atoms with Crippen LogP contribution in [0.2, 0.25) is 0 Å². The number of likely N-dealkylation sites (N-methyl/N-ethyl adjacent to an activating group) is 1. The van der Waals surface area contributed by atoms with E-state index in [4.69, 9.17) is 5.11 Å². The minimum absolute atomic E-state index is 0.168. The molecule has 1 heterocycles. The molecule has 1 rings (SSSR count). The summed E-state index contributed by atoms with van der Waals surface area (Å²) in [7, 11) is 2.00. The maximum atomic E-state index is 9.13. The lowest BCUT2D eigenvalue weighted by Crippen LogP contribution is -2.43. The van der Waals surface area contributed by atoms with E-state index in [2.05, 4.69) is 11.0 Å². The number of thiophene rings is 1. The fraction of sp³-hybridized carbons (Fsp3) is 0.556. The highest BCUT2D eigenvalue weighted by Gasteiger charge is 2.22. The molecular formula is C9H15NOS. The van der Waals surface area contributed by atoms with Crippen LogP contribution in [-0.2, 0) is 0 Å². The molecule has 2 nitrogen and oxygen atoms in total. The van der Waals surface area contributed by atoms with Gasteiger partial charge in [-0.2, -0.15) is 0 Å². The van der Waals surface area contributed by atoms with Crippen molar-refractivity contribution in [1.82, 2.24) is 0 Å². The normalized spacial score (nSPS) is 11.7. The van der Waals surface area contributed by atoms with Crippen LogP contribution in [0.1, 0.15) is 13.8 Å². The van der Waals surface area contributed by atoms with Crippen LogP contribution in [0.3, 0.4) is 0 Å². The topological polar surface area (TPSA) is 23.5 Å². The van der Waals surface area contributed by atoms with Crippen molar-refractivity contribution in [3.05, 3.63) is 17.5 Å². The van der Waals surface area contributed by atoms with E-state index >= 15 is 0 Å². The van der Waals surface area contributed by atoms with E-state index in [1.807, 2.05) is 32.3 Å². The van der Waals surface area contributed by atoms with Crippen molar-refractivity contribution in [2.45, 2.75) is 19.4 Å². The van der Waals surface area contributed by atoms with Crippen LogP contribution in [0.4, 0.5) is 5.00 Å². The average Bonchev–Trinajstić information content (AvgIpc) is 2.55. The number of aliphatic hydroxyl groups excluding tert-OH is 1. The molecule has 0 saturated heterocycles. The second kappa shape index (κ2) is 3.46. The average molecular weight is 185 g/mol. The Morgan fingerprint density at radius 3 is 2.67 bits per heavy atom. The molecule has 0 saturated carbocycles. The van der Waals surface area contributed by atoms with Crippen LogP contribution in [0, 0.1) is 0 Å². The first-order chi connectivity index (χ1) is 5.58. The maximum absolute atomic E-state index is 9.13. The van der Waals surface area contributed by atoms with Gasteiger partial charge in [0.2, 0.25) is 0 Å². The maximum Gasteiger partial charge on any atom is 0.0911 e. The quantitative estimate of drug-likeness (QED) is 0.778. The van der Waals surface area contributed by atoms with Crippen molar-refractivity contribution < 1.29 is 5.11 Å². The van der Waals surface area contributed by atoms with Crippen molar-refractivity contribution in [2.75, 3.05) is 18.6 Å². The molecule has 0 amide bonds. The molecule has 0 atom stereocenters. The molecule has 0 radical (unpaired) electrons. The Labute approximate surface area is 77.5 Å². The Bertz CT molecular complexity index is 231. The lowest BCUT2D eigenvalue weighted by Gasteiger charge is -2.34. The molecule has 0 spiro atoms. The lowest BCUT2D eigenvalue weighted by molar-refractivity contribution is 0.216. The number of nitrogens with zero attached hydrogens (tertiary/aromatic N) is 1. The molecule has 0 bridgehead atoms. The van der Waals surface area contributed by atoms with Gasteiger partial charge < -0.3 is 10.0 Å². The van der Waals surface area contributed by atoms with Gasteiger partial charge in [-0.1, -0.05) is 0 Å². The Morgan fingerprint density at radius 1 is 1.58 bits per heavy atom. The molecule has 0 fully saturated rings. The molecule has 3 heteroatoms. The fourth-order valence-electron chi connectivity index (χ4n) is 0.865. The molecule has 1 aromatic heterocycles. The van der Waals surface area contributed by atoms with E-state index in [-0.39, 0.29) is 12.1 Å². The van der Waals surface area contributed by atoms with E-state index < -0.39 is 0 Å². The molecule has 68 valence electrons. The van der Waals surface area contributed by atoms with E-state index in [0.717, 1.165) is 0 Å². The van der Waals surface area contributed by atoms with Gasteiger partial charge in [-0.25, -0.2) is 0 Å². The van der Waals surface area contributed by atoms with Crippen molar-refractivity contribution in [1.29, 1.82) is 0 Å². The van der Waals surface area contributed by atoms with Gasteiger partial charge in [0.25, 0.3) is 0 Å². The Kier molecular flexibility index (Phi) is 2.75. The van der Waals surface area contributed by atoms with Crippen molar-refractivity contribution in [2.24, 2.45) is 0 Å². The van der Waals surface area contributed by atoms with Crippen molar-refractivity contribution >= 4 is 16.3 Å². The summed E-state index contributed by atoms with van der Waals surface area (Å²) in [5.74, 6) is 0. The van der Waals surface area contributed by atoms with Gasteiger partial charge in [0.15, 0.2) is 0 Å². The van der Waals surface area contributed by atoms with Gasteiger partial charge in [0, 0.05) is 7.05 Å². The zero-order valence-electron chi connectivity index (χ0n) is 7.74. The summed E-state index contributed by atoms with van der Waals surface area (Å²) >= 11 is 1.69. The second-order valence-corrected chi connectivity index (χ2v) is 4.41. The minimum Gasteiger partial charge on any atom is -0.394 e. The summed E-state index contributed by atoms with van der Waals surface area (Å²) in [6.07, 6.45) is 0. The molecule has 0 aromatic carbocycles. The van der Waals surface area contributed by atoms with Gasteiger partial charge in [-0.15, -0.1) is 11.3 Å². The molecule has 0 aliphatic rings. The summed E-state index contributed by atoms with van der Waals surface area (Å²) in [5, 5.41) is 12.4. The fourth-order valence-corrected chi connectivity index (χ4v) is 1.72. The predicted octanol–water partition coefficient (Wildman–Crippen LogP) is 1.96. The van der Waals surface area contributed by atoms with Crippen LogP contribution in [-0.4, -0.2) is 24.3 Å². The van der Waals surface area contributed by atoms with E-state index in [9.17, 15) is 0 Å². The van der Waals surface area contributed by atoms with Crippen LogP contribution in [0.5, 0.6) is 0 Å². The first-order valence-corrected chi connectivity index (χ1v) is 4.84. The monoisotopic (exact) mass is 185 g/mol. The van der Waals surface area contributed by atoms with Crippen molar-refractivity contribution in [3.63, 3.8) is 0 Å². The third-order valence-corrected chi connectivity index (χ3v) is 3.08. The Balaban J connectivity index is 2.78. The van der Waals surface area contributed by atoms with Gasteiger partial charge in [-0.3, -0.25) is 0 Å². The molecular weight excluding hydrogens is 170 g/mol. The lowest BCUT2D eigenvalue weighted by atomic mass is 10.1. The molecule has 12 heavy (non-hydrogen) atoms. The van der Waals surface area contributed by atoms with Gasteiger partial charge in [0.1, 0.15) is 0 Å².